The van der Waals surface area contributed by atoms with Crippen molar-refractivity contribution >= 4 is 35.2 Å². The van der Waals surface area contributed by atoms with Crippen molar-refractivity contribution in [3.63, 3.8) is 0 Å². The molecule has 4 amide bonds. The summed E-state index contributed by atoms with van der Waals surface area (Å²) in [5.74, 6) is -2.46. The number of hydrogen-bond donors (Lipinski definition) is 4. The molecule has 1 aromatic rings. The molecule has 44 heavy (non-hydrogen) atoms. The molecule has 0 radical (unpaired) electrons. The van der Waals surface area contributed by atoms with Crippen LogP contribution in [-0.2, 0) is 23.9 Å². The third kappa shape index (κ3) is 9.00. The Kier molecular flexibility index (Phi) is 14.2. The van der Waals surface area contributed by atoms with Crippen LogP contribution in [0.5, 0.6) is 0 Å². The van der Waals surface area contributed by atoms with E-state index in [0.29, 0.717) is 30.4 Å². The zero-order valence-corrected chi connectivity index (χ0v) is 27.9. The lowest BCUT2D eigenvalue weighted by molar-refractivity contribution is -0.595. The van der Waals surface area contributed by atoms with Gasteiger partial charge in [-0.1, -0.05) is 92.9 Å². The largest absolute Gasteiger partial charge is 0.467 e. The molecule has 8 unspecified atom stereocenters. The summed E-state index contributed by atoms with van der Waals surface area (Å²) in [6.45, 7) is 15.5. The van der Waals surface area contributed by atoms with Gasteiger partial charge in [0.1, 0.15) is 12.1 Å². The summed E-state index contributed by atoms with van der Waals surface area (Å²) in [4.78, 5) is 66.1. The Morgan fingerprint density at radius 1 is 0.841 bits per heavy atom. The standard InChI is InChI=1S/C34H52N4O6/c1-10-19(5)27-25(23-16-14-15-17-24(23)31(40)36-27)18-26(39)35-28(20(6)11-2)32(41)37-29(21(7)12-3)33(42)38-30(22(8)13-4)34(43)44-9/h14-22,27-30H,10-13H2,1-9H3,(H,35,39)(H,36,40)(H,37,41)(H,38,42)/p+1. The van der Waals surface area contributed by atoms with Crippen LogP contribution in [0.3, 0.4) is 0 Å². The molecule has 1 aromatic carbocycles. The van der Waals surface area contributed by atoms with Crippen LogP contribution >= 0.6 is 0 Å². The molecular formula is C34H53N4O6+. The zero-order valence-electron chi connectivity index (χ0n) is 27.9. The van der Waals surface area contributed by atoms with Gasteiger partial charge >= 0.3 is 11.9 Å². The summed E-state index contributed by atoms with van der Waals surface area (Å²) >= 11 is 0. The highest BCUT2D eigenvalue weighted by atomic mass is 16.5. The third-order valence-corrected chi connectivity index (χ3v) is 9.28. The summed E-state index contributed by atoms with van der Waals surface area (Å²) in [6.07, 6.45) is 4.22. The maximum atomic E-state index is 13.8. The number of carbonyl (C=O) groups excluding carboxylic acids is 5. The van der Waals surface area contributed by atoms with E-state index in [4.69, 9.17) is 4.74 Å². The highest BCUT2D eigenvalue weighted by Crippen LogP contribution is 2.31. The lowest BCUT2D eigenvalue weighted by Crippen LogP contribution is -2.97. The minimum atomic E-state index is -0.910. The lowest BCUT2D eigenvalue weighted by atomic mass is 9.82. The molecular weight excluding hydrogens is 560 g/mol. The summed E-state index contributed by atoms with van der Waals surface area (Å²) in [5.41, 5.74) is 1.94. The van der Waals surface area contributed by atoms with Crippen molar-refractivity contribution in [3.05, 3.63) is 41.5 Å². The molecule has 2 rings (SSSR count). The fourth-order valence-corrected chi connectivity index (χ4v) is 5.37. The van der Waals surface area contributed by atoms with E-state index in [1.807, 2.05) is 67.5 Å². The third-order valence-electron chi connectivity index (χ3n) is 9.28. The van der Waals surface area contributed by atoms with Gasteiger partial charge < -0.3 is 20.7 Å². The predicted molar refractivity (Wildman–Crippen MR) is 170 cm³/mol. The second-order valence-corrected chi connectivity index (χ2v) is 12.2. The number of amides is 4. The fourth-order valence-electron chi connectivity index (χ4n) is 5.37. The van der Waals surface area contributed by atoms with Gasteiger partial charge in [0.2, 0.25) is 5.91 Å². The van der Waals surface area contributed by atoms with Crippen LogP contribution in [0.2, 0.25) is 0 Å². The van der Waals surface area contributed by atoms with Crippen LogP contribution in [0.1, 0.15) is 97.0 Å². The molecule has 1 aliphatic heterocycles. The fraction of sp³-hybridized carbons (Fsp3) is 0.618. The molecule has 0 aromatic heterocycles. The highest BCUT2D eigenvalue weighted by Gasteiger charge is 2.38. The number of fused-ring (bicyclic) bond motifs is 1. The van der Waals surface area contributed by atoms with Crippen molar-refractivity contribution in [2.24, 2.45) is 23.7 Å². The van der Waals surface area contributed by atoms with Crippen LogP contribution < -0.4 is 21.3 Å². The summed E-state index contributed by atoms with van der Waals surface area (Å²) in [5, 5.41) is 10.2. The molecule has 0 saturated carbocycles. The van der Waals surface area contributed by atoms with Gasteiger partial charge in [-0.25, -0.2) is 9.59 Å². The highest BCUT2D eigenvalue weighted by molar-refractivity contribution is 6.06. The maximum absolute atomic E-state index is 13.8. The van der Waals surface area contributed by atoms with Crippen molar-refractivity contribution in [2.45, 2.75) is 105 Å². The minimum Gasteiger partial charge on any atom is -0.467 e. The number of quaternary nitrogens is 1. The van der Waals surface area contributed by atoms with Gasteiger partial charge in [0.15, 0.2) is 6.04 Å². The van der Waals surface area contributed by atoms with E-state index in [-0.39, 0.29) is 41.5 Å². The summed E-state index contributed by atoms with van der Waals surface area (Å²) in [7, 11) is 1.28. The van der Waals surface area contributed by atoms with Crippen LogP contribution in [0.25, 0.3) is 5.57 Å². The lowest BCUT2D eigenvalue weighted by Gasteiger charge is -2.32. The molecule has 0 spiro atoms. The predicted octanol–water partition coefficient (Wildman–Crippen LogP) is 2.97. The quantitative estimate of drug-likeness (QED) is 0.177. The minimum absolute atomic E-state index is 0.0825. The van der Waals surface area contributed by atoms with Crippen molar-refractivity contribution in [1.29, 1.82) is 0 Å². The van der Waals surface area contributed by atoms with Crippen LogP contribution in [0.15, 0.2) is 30.3 Å². The monoisotopic (exact) mass is 613 g/mol. The van der Waals surface area contributed by atoms with Crippen LogP contribution in [-0.4, -0.2) is 60.9 Å². The normalized spacial score (nSPS) is 20.2. The molecule has 1 heterocycles. The van der Waals surface area contributed by atoms with Gasteiger partial charge in [-0.05, 0) is 41.4 Å². The number of primary amides is 1. The van der Waals surface area contributed by atoms with Crippen molar-refractivity contribution in [1.82, 2.24) is 16.0 Å². The van der Waals surface area contributed by atoms with Gasteiger partial charge in [0, 0.05) is 17.6 Å². The Balaban J connectivity index is 2.38. The Hall–Kier alpha value is -3.53. The molecule has 1 aliphatic rings. The van der Waals surface area contributed by atoms with Gasteiger partial charge in [-0.3, -0.25) is 19.7 Å². The van der Waals surface area contributed by atoms with Gasteiger partial charge in [-0.15, -0.1) is 0 Å². The number of rotatable bonds is 15. The number of hydrogen-bond acceptors (Lipinski definition) is 6. The van der Waals surface area contributed by atoms with E-state index in [2.05, 4.69) is 16.0 Å². The molecule has 0 fully saturated rings. The Morgan fingerprint density at radius 3 is 1.93 bits per heavy atom. The maximum Gasteiger partial charge on any atom is 0.336 e. The number of esters is 1. The first-order valence-corrected chi connectivity index (χ1v) is 16.0. The van der Waals surface area contributed by atoms with Crippen molar-refractivity contribution in [2.75, 3.05) is 7.11 Å². The van der Waals surface area contributed by atoms with E-state index >= 15 is 0 Å². The summed E-state index contributed by atoms with van der Waals surface area (Å²) in [6, 6.07) is 4.31. The number of benzene rings is 1. The molecule has 244 valence electrons. The number of nitrogens with one attached hydrogen (secondary N) is 3. The Bertz CT molecular complexity index is 1210. The van der Waals surface area contributed by atoms with Gasteiger partial charge in [0.25, 0.3) is 11.8 Å². The molecule has 0 saturated heterocycles. The first-order chi connectivity index (χ1) is 20.8. The molecule has 10 heteroatoms. The average Bonchev–Trinajstić information content (AvgIpc) is 3.03. The number of nitrogens with two attached hydrogens (primary N) is 1. The van der Waals surface area contributed by atoms with E-state index in [1.54, 1.807) is 12.1 Å². The van der Waals surface area contributed by atoms with E-state index in [0.717, 1.165) is 12.0 Å². The van der Waals surface area contributed by atoms with Gasteiger partial charge in [-0.2, -0.15) is 0 Å². The number of ether oxygens (including phenoxy) is 1. The molecule has 0 bridgehead atoms. The Labute approximate surface area is 262 Å². The van der Waals surface area contributed by atoms with Gasteiger partial charge in [0.05, 0.1) is 13.2 Å². The van der Waals surface area contributed by atoms with E-state index in [9.17, 15) is 24.0 Å². The van der Waals surface area contributed by atoms with Crippen molar-refractivity contribution in [3.8, 4) is 0 Å². The van der Waals surface area contributed by atoms with Crippen molar-refractivity contribution < 1.29 is 34.0 Å². The number of carbonyl (C=O) groups is 5. The molecule has 5 N–H and O–H groups in total. The zero-order chi connectivity index (χ0) is 33.1. The van der Waals surface area contributed by atoms with Crippen LogP contribution in [0.4, 0.5) is 0 Å². The SMILES string of the molecule is CCC(C)C(NC(=O)C([NH2+]C(=O)C=C1c2ccccc2C(=O)NC1C(C)CC)C(C)CC)C(=O)NC(C(=O)OC)C(C)CC. The van der Waals surface area contributed by atoms with E-state index in [1.165, 1.54) is 18.5 Å². The number of methoxy groups -OCH3 is 1. The summed E-state index contributed by atoms with van der Waals surface area (Å²) < 4.78 is 4.92. The van der Waals surface area contributed by atoms with E-state index < -0.39 is 35.9 Å². The van der Waals surface area contributed by atoms with Crippen LogP contribution in [0, 0.1) is 23.7 Å². The molecule has 0 aliphatic carbocycles. The molecule has 10 nitrogen and oxygen atoms in total. The smallest absolute Gasteiger partial charge is 0.336 e. The average molecular weight is 614 g/mol. The Morgan fingerprint density at radius 2 is 1.39 bits per heavy atom. The topological polar surface area (TPSA) is 147 Å². The first kappa shape index (κ1) is 36.7. The molecule has 8 atom stereocenters. The second-order valence-electron chi connectivity index (χ2n) is 12.2. The second kappa shape index (κ2) is 17.1. The first-order valence-electron chi connectivity index (χ1n) is 16.0.